The van der Waals surface area contributed by atoms with E-state index in [4.69, 9.17) is 5.73 Å². The third kappa shape index (κ3) is 4.00. The number of hydrogen-bond donors (Lipinski definition) is 2. The molecule has 0 saturated heterocycles. The first-order valence-corrected chi connectivity index (χ1v) is 6.41. The van der Waals surface area contributed by atoms with Gasteiger partial charge in [0.1, 0.15) is 0 Å². The second-order valence-corrected chi connectivity index (χ2v) is 4.60. The van der Waals surface area contributed by atoms with E-state index in [2.05, 4.69) is 5.32 Å². The lowest BCUT2D eigenvalue weighted by molar-refractivity contribution is -0.385. The van der Waals surface area contributed by atoms with Crippen molar-refractivity contribution in [3.05, 3.63) is 68.6 Å². The van der Waals surface area contributed by atoms with Gasteiger partial charge in [0.2, 0.25) is 0 Å². The number of nitrogens with two attached hydrogens (primary N) is 1. The number of benzene rings is 1. The Labute approximate surface area is 129 Å². The van der Waals surface area contributed by atoms with Gasteiger partial charge in [-0.25, -0.2) is 4.79 Å². The Morgan fingerprint density at radius 1 is 1.17 bits per heavy atom. The van der Waals surface area contributed by atoms with Gasteiger partial charge >= 0.3 is 6.03 Å². The summed E-state index contributed by atoms with van der Waals surface area (Å²) < 4.78 is 0.968. The molecule has 0 bridgehead atoms. The average molecular weight is 316 g/mol. The van der Waals surface area contributed by atoms with Crippen molar-refractivity contribution in [2.45, 2.75) is 6.54 Å². The monoisotopic (exact) mass is 316 g/mol. The van der Waals surface area contributed by atoms with Gasteiger partial charge in [0, 0.05) is 23.4 Å². The minimum absolute atomic E-state index is 0.279. The summed E-state index contributed by atoms with van der Waals surface area (Å²) in [6, 6.07) is 7.25. The molecule has 0 radical (unpaired) electrons. The van der Waals surface area contributed by atoms with Crippen LogP contribution >= 0.6 is 0 Å². The quantitative estimate of drug-likeness (QED) is 0.484. The van der Waals surface area contributed by atoms with E-state index in [9.17, 15) is 24.5 Å². The molecule has 9 nitrogen and oxygen atoms in total. The molecule has 1 heterocycles. The molecular formula is C14H12N4O5. The smallest absolute Gasteiger partial charge is 0.316 e. The summed E-state index contributed by atoms with van der Waals surface area (Å²) in [6.45, 7) is -0.330. The van der Waals surface area contributed by atoms with Gasteiger partial charge in [-0.1, -0.05) is 0 Å². The molecule has 0 fully saturated rings. The summed E-state index contributed by atoms with van der Waals surface area (Å²) in [5, 5.41) is 13.1. The highest BCUT2D eigenvalue weighted by Crippen LogP contribution is 2.11. The Balaban J connectivity index is 2.19. The van der Waals surface area contributed by atoms with Crippen molar-refractivity contribution in [2.75, 3.05) is 5.32 Å². The lowest BCUT2D eigenvalue weighted by Crippen LogP contribution is -2.23. The number of nitro groups is 1. The third-order valence-corrected chi connectivity index (χ3v) is 2.97. The summed E-state index contributed by atoms with van der Waals surface area (Å²) in [6.07, 6.45) is 1.02. The van der Waals surface area contributed by atoms with Crippen molar-refractivity contribution in [3.8, 4) is 0 Å². The molecule has 118 valence electrons. The fraction of sp³-hybridized carbons (Fsp3) is 0.0714. The number of aromatic nitrogens is 1. The maximum absolute atomic E-state index is 12.1. The van der Waals surface area contributed by atoms with Crippen molar-refractivity contribution in [1.82, 2.24) is 4.57 Å². The van der Waals surface area contributed by atoms with E-state index in [0.29, 0.717) is 11.3 Å². The summed E-state index contributed by atoms with van der Waals surface area (Å²) >= 11 is 0. The summed E-state index contributed by atoms with van der Waals surface area (Å²) in [7, 11) is 0. The zero-order valence-corrected chi connectivity index (χ0v) is 11.8. The van der Waals surface area contributed by atoms with Crippen LogP contribution in [0.2, 0.25) is 0 Å². The first kappa shape index (κ1) is 15.9. The Hall–Kier alpha value is -3.49. The van der Waals surface area contributed by atoms with E-state index in [1.165, 1.54) is 24.3 Å². The van der Waals surface area contributed by atoms with Crippen LogP contribution in [0.5, 0.6) is 0 Å². The molecule has 0 aliphatic rings. The molecule has 1 aromatic carbocycles. The number of urea groups is 1. The first-order valence-electron chi connectivity index (χ1n) is 6.41. The third-order valence-electron chi connectivity index (χ3n) is 2.97. The van der Waals surface area contributed by atoms with Gasteiger partial charge in [0.05, 0.1) is 17.7 Å². The van der Waals surface area contributed by atoms with Crippen LogP contribution in [0.1, 0.15) is 10.4 Å². The van der Waals surface area contributed by atoms with E-state index in [1.807, 2.05) is 0 Å². The van der Waals surface area contributed by atoms with Gasteiger partial charge < -0.3 is 15.6 Å². The number of carbonyl (C=O) groups excluding carboxylic acids is 2. The number of nitrogens with one attached hydrogen (secondary N) is 1. The zero-order valence-electron chi connectivity index (χ0n) is 11.8. The Bertz CT molecular complexity index is 826. The Kier molecular flexibility index (Phi) is 4.50. The molecule has 0 unspecified atom stereocenters. The van der Waals surface area contributed by atoms with Crippen LogP contribution in [0.25, 0.3) is 0 Å². The predicted octanol–water partition coefficient (Wildman–Crippen LogP) is 1.13. The lowest BCUT2D eigenvalue weighted by atomic mass is 10.1. The van der Waals surface area contributed by atoms with Crippen LogP contribution in [0.15, 0.2) is 47.4 Å². The number of Topliss-reactive ketones (excluding diaryl/α,β-unsaturated/α-hetero) is 1. The van der Waals surface area contributed by atoms with E-state index in [0.717, 1.165) is 22.9 Å². The molecule has 9 heteroatoms. The molecule has 0 saturated carbocycles. The molecular weight excluding hydrogens is 304 g/mol. The van der Waals surface area contributed by atoms with Gasteiger partial charge in [-0.15, -0.1) is 0 Å². The number of anilines is 1. The minimum Gasteiger partial charge on any atom is -0.351 e. The normalized spacial score (nSPS) is 10.1. The number of hydrogen-bond acceptors (Lipinski definition) is 5. The number of pyridine rings is 1. The largest absolute Gasteiger partial charge is 0.351 e. The van der Waals surface area contributed by atoms with Gasteiger partial charge in [-0.3, -0.25) is 19.7 Å². The second kappa shape index (κ2) is 6.52. The molecule has 0 spiro atoms. The van der Waals surface area contributed by atoms with E-state index >= 15 is 0 Å². The zero-order chi connectivity index (χ0) is 17.0. The maximum atomic E-state index is 12.1. The van der Waals surface area contributed by atoms with Gasteiger partial charge in [-0.2, -0.15) is 0 Å². The molecule has 23 heavy (non-hydrogen) atoms. The Morgan fingerprint density at radius 2 is 1.83 bits per heavy atom. The molecule has 0 aliphatic carbocycles. The maximum Gasteiger partial charge on any atom is 0.316 e. The van der Waals surface area contributed by atoms with Crippen molar-refractivity contribution >= 4 is 23.2 Å². The topological polar surface area (TPSA) is 137 Å². The molecule has 2 rings (SSSR count). The van der Waals surface area contributed by atoms with Gasteiger partial charge in [0.15, 0.2) is 5.78 Å². The first-order chi connectivity index (χ1) is 10.9. The van der Waals surface area contributed by atoms with E-state index in [1.54, 1.807) is 0 Å². The fourth-order valence-electron chi connectivity index (χ4n) is 1.88. The second-order valence-electron chi connectivity index (χ2n) is 4.60. The van der Waals surface area contributed by atoms with E-state index < -0.39 is 22.3 Å². The van der Waals surface area contributed by atoms with Crippen LogP contribution in [0.3, 0.4) is 0 Å². The standard InChI is InChI=1S/C14H12N4O5/c15-14(21)16-10-3-1-9(2-4-10)12(19)8-17-7-11(18(22)23)5-6-13(17)20/h1-7H,8H2,(H3,15,16,21). The number of nitrogens with zero attached hydrogens (tertiary/aromatic N) is 2. The highest BCUT2D eigenvalue weighted by Gasteiger charge is 2.12. The molecule has 1 aromatic heterocycles. The van der Waals surface area contributed by atoms with Gasteiger partial charge in [-0.05, 0) is 24.3 Å². The molecule has 2 aromatic rings. The molecule has 2 amide bonds. The number of amides is 2. The molecule has 0 aliphatic heterocycles. The highest BCUT2D eigenvalue weighted by atomic mass is 16.6. The molecule has 3 N–H and O–H groups in total. The fourth-order valence-corrected chi connectivity index (χ4v) is 1.88. The van der Waals surface area contributed by atoms with Crippen LogP contribution < -0.4 is 16.6 Å². The van der Waals surface area contributed by atoms with Crippen LogP contribution in [0.4, 0.5) is 16.2 Å². The summed E-state index contributed by atoms with van der Waals surface area (Å²) in [4.78, 5) is 44.6. The average Bonchev–Trinajstić information content (AvgIpc) is 2.49. The minimum atomic E-state index is -0.729. The van der Waals surface area contributed by atoms with Crippen LogP contribution in [-0.4, -0.2) is 21.3 Å². The Morgan fingerprint density at radius 3 is 2.39 bits per heavy atom. The number of rotatable bonds is 5. The van der Waals surface area contributed by atoms with Crippen LogP contribution in [-0.2, 0) is 6.54 Å². The van der Waals surface area contributed by atoms with Crippen molar-refractivity contribution in [1.29, 1.82) is 0 Å². The predicted molar refractivity (Wildman–Crippen MR) is 81.3 cm³/mol. The molecule has 0 atom stereocenters. The van der Waals surface area contributed by atoms with Crippen molar-refractivity contribution < 1.29 is 14.5 Å². The van der Waals surface area contributed by atoms with Crippen molar-refractivity contribution in [3.63, 3.8) is 0 Å². The number of ketones is 1. The van der Waals surface area contributed by atoms with Crippen LogP contribution in [0, 0.1) is 10.1 Å². The summed E-state index contributed by atoms with van der Waals surface area (Å²) in [5.74, 6) is -0.404. The number of primary amides is 1. The highest BCUT2D eigenvalue weighted by molar-refractivity contribution is 5.96. The van der Waals surface area contributed by atoms with Crippen molar-refractivity contribution in [2.24, 2.45) is 5.73 Å². The lowest BCUT2D eigenvalue weighted by Gasteiger charge is -2.06. The van der Waals surface area contributed by atoms with E-state index in [-0.39, 0.29) is 12.2 Å². The summed E-state index contributed by atoms with van der Waals surface area (Å²) in [5.41, 5.74) is 4.88. The van der Waals surface area contributed by atoms with Gasteiger partial charge in [0.25, 0.3) is 11.2 Å². The number of carbonyl (C=O) groups is 2. The SMILES string of the molecule is NC(=O)Nc1ccc(C(=O)Cn2cc([N+](=O)[O-])ccc2=O)cc1.